The van der Waals surface area contributed by atoms with Crippen molar-refractivity contribution in [2.24, 2.45) is 0 Å². The van der Waals surface area contributed by atoms with Crippen molar-refractivity contribution in [1.29, 1.82) is 0 Å². The van der Waals surface area contributed by atoms with Gasteiger partial charge in [-0.25, -0.2) is 4.98 Å². The van der Waals surface area contributed by atoms with E-state index in [2.05, 4.69) is 14.7 Å². The number of fused-ring (bicyclic) bond motifs is 1. The number of nitrogens with zero attached hydrogens (tertiary/aromatic N) is 3. The predicted octanol–water partition coefficient (Wildman–Crippen LogP) is 4.31. The zero-order valence-electron chi connectivity index (χ0n) is 12.4. The van der Waals surface area contributed by atoms with E-state index in [4.69, 9.17) is 0 Å². The van der Waals surface area contributed by atoms with E-state index in [0.29, 0.717) is 16.8 Å². The minimum atomic E-state index is -3.36. The Hall–Kier alpha value is -2.21. The smallest absolute Gasteiger partial charge is 0.408 e. The summed E-state index contributed by atoms with van der Waals surface area (Å²) in [7, 11) is 1.28. The number of imidazole rings is 1. The first-order valence-corrected chi connectivity index (χ1v) is 7.39. The lowest BCUT2D eigenvalue weighted by atomic mass is 10.1. The Morgan fingerprint density at radius 2 is 1.67 bits per heavy atom. The maximum atomic E-state index is 13.6. The number of aromatic nitrogens is 3. The Balaban J connectivity index is 1.97. The quantitative estimate of drug-likeness (QED) is 0.516. The Bertz CT molecular complexity index is 869. The molecule has 1 atom stereocenters. The zero-order chi connectivity index (χ0) is 17.5. The van der Waals surface area contributed by atoms with E-state index < -0.39 is 17.6 Å². The van der Waals surface area contributed by atoms with E-state index in [9.17, 15) is 17.6 Å². The van der Waals surface area contributed by atoms with Crippen LogP contribution in [0, 0.1) is 0 Å². The van der Waals surface area contributed by atoms with Gasteiger partial charge in [-0.3, -0.25) is 9.38 Å². The van der Waals surface area contributed by atoms with Crippen molar-refractivity contribution in [2.45, 2.75) is 18.7 Å². The summed E-state index contributed by atoms with van der Waals surface area (Å²) in [6.45, 7) is 0.761. The van der Waals surface area contributed by atoms with Gasteiger partial charge in [0.25, 0.3) is 0 Å². The van der Waals surface area contributed by atoms with Crippen molar-refractivity contribution >= 4 is 14.8 Å². The molecule has 9 heteroatoms. The molecule has 0 aliphatic heterocycles. The van der Waals surface area contributed by atoms with Crippen LogP contribution in [0.25, 0.3) is 16.8 Å². The minimum Gasteiger partial charge on any atom is -0.430 e. The second-order valence-corrected chi connectivity index (χ2v) is 5.90. The minimum absolute atomic E-state index is 0.0248. The zero-order valence-corrected chi connectivity index (χ0v) is 13.5. The summed E-state index contributed by atoms with van der Waals surface area (Å²) in [5, 5.41) is 0. The van der Waals surface area contributed by atoms with Gasteiger partial charge >= 0.3 is 11.8 Å². The van der Waals surface area contributed by atoms with Gasteiger partial charge in [0.2, 0.25) is 0 Å². The van der Waals surface area contributed by atoms with Crippen LogP contribution in [-0.2, 0) is 5.92 Å². The molecular weight excluding hydrogens is 345 g/mol. The molecule has 126 valence electrons. The van der Waals surface area contributed by atoms with Crippen LogP contribution in [0.1, 0.15) is 12.7 Å². The number of halogens is 4. The third-order valence-electron chi connectivity index (χ3n) is 3.21. The van der Waals surface area contributed by atoms with Gasteiger partial charge in [-0.1, -0.05) is 0 Å². The largest absolute Gasteiger partial charge is 0.430 e. The predicted molar refractivity (Wildman–Crippen MR) is 83.3 cm³/mol. The van der Waals surface area contributed by atoms with Crippen LogP contribution in [0.5, 0.6) is 5.75 Å². The highest BCUT2D eigenvalue weighted by Crippen LogP contribution is 2.30. The van der Waals surface area contributed by atoms with Crippen LogP contribution in [-0.4, -0.2) is 20.2 Å². The number of benzene rings is 1. The number of alkyl halides is 4. The van der Waals surface area contributed by atoms with Crippen LogP contribution in [0.4, 0.5) is 17.6 Å². The van der Waals surface area contributed by atoms with Gasteiger partial charge in [0, 0.05) is 18.7 Å². The van der Waals surface area contributed by atoms with E-state index in [-0.39, 0.29) is 5.75 Å². The molecule has 1 unspecified atom stereocenters. The molecule has 1 aromatic carbocycles. The van der Waals surface area contributed by atoms with Crippen molar-refractivity contribution < 1.29 is 22.3 Å². The summed E-state index contributed by atoms with van der Waals surface area (Å²) in [6.07, 6.45) is 4.15. The Kier molecular flexibility index (Phi) is 3.95. The van der Waals surface area contributed by atoms with Crippen molar-refractivity contribution in [3.63, 3.8) is 0 Å². The SMILES string of the molecule is CC(F)(F)c1ncc2cnc(-c3ccc(OC(F)(F)P)cc3)cn12. The number of hydrogen-bond acceptors (Lipinski definition) is 3. The average molecular weight is 357 g/mol. The molecule has 4 nitrogen and oxygen atoms in total. The molecule has 0 amide bonds. The van der Waals surface area contributed by atoms with E-state index in [1.54, 1.807) is 0 Å². The van der Waals surface area contributed by atoms with Gasteiger partial charge in [-0.05, 0) is 33.5 Å². The van der Waals surface area contributed by atoms with Crippen molar-refractivity contribution in [1.82, 2.24) is 14.4 Å². The van der Waals surface area contributed by atoms with Crippen LogP contribution in [0.3, 0.4) is 0 Å². The second kappa shape index (κ2) is 5.70. The van der Waals surface area contributed by atoms with Gasteiger partial charge < -0.3 is 4.74 Å². The molecular formula is C15H12F4N3OP. The molecule has 3 aromatic rings. The fourth-order valence-corrected chi connectivity index (χ4v) is 2.36. The highest BCUT2D eigenvalue weighted by molar-refractivity contribution is 7.17. The maximum Gasteiger partial charge on any atom is 0.408 e. The molecule has 24 heavy (non-hydrogen) atoms. The fraction of sp³-hybridized carbons (Fsp3) is 0.200. The molecule has 0 spiro atoms. The second-order valence-electron chi connectivity index (χ2n) is 5.23. The maximum absolute atomic E-state index is 13.6. The highest BCUT2D eigenvalue weighted by Gasteiger charge is 2.30. The molecule has 0 saturated carbocycles. The summed E-state index contributed by atoms with van der Waals surface area (Å²) in [5.74, 6) is -6.89. The summed E-state index contributed by atoms with van der Waals surface area (Å²) < 4.78 is 58.3. The van der Waals surface area contributed by atoms with Crippen LogP contribution < -0.4 is 4.74 Å². The lowest BCUT2D eigenvalue weighted by Gasteiger charge is -2.13. The molecule has 2 aromatic heterocycles. The first-order valence-electron chi connectivity index (χ1n) is 6.81. The van der Waals surface area contributed by atoms with Gasteiger partial charge in [-0.2, -0.15) is 17.6 Å². The monoisotopic (exact) mass is 357 g/mol. The van der Waals surface area contributed by atoms with E-state index >= 15 is 0 Å². The van der Waals surface area contributed by atoms with Gasteiger partial charge in [0.1, 0.15) is 5.75 Å². The first-order chi connectivity index (χ1) is 11.1. The molecule has 2 heterocycles. The molecule has 0 aliphatic rings. The lowest BCUT2D eigenvalue weighted by Crippen LogP contribution is -2.14. The summed E-state index contributed by atoms with van der Waals surface area (Å²) >= 11 is 0. The van der Waals surface area contributed by atoms with Crippen LogP contribution in [0.2, 0.25) is 0 Å². The Morgan fingerprint density at radius 1 is 1.04 bits per heavy atom. The van der Waals surface area contributed by atoms with Gasteiger partial charge in [0.05, 0.1) is 23.6 Å². The molecule has 0 radical (unpaired) electrons. The van der Waals surface area contributed by atoms with E-state index in [0.717, 1.165) is 6.92 Å². The lowest BCUT2D eigenvalue weighted by molar-refractivity contribution is -0.0892. The van der Waals surface area contributed by atoms with Crippen molar-refractivity contribution in [3.8, 4) is 17.0 Å². The topological polar surface area (TPSA) is 39.4 Å². The van der Waals surface area contributed by atoms with Crippen LogP contribution >= 0.6 is 9.24 Å². The Labute approximate surface area is 136 Å². The molecule has 0 saturated heterocycles. The normalized spacial score (nSPS) is 12.6. The van der Waals surface area contributed by atoms with Gasteiger partial charge in [-0.15, -0.1) is 0 Å². The van der Waals surface area contributed by atoms with Crippen molar-refractivity contribution in [3.05, 3.63) is 48.7 Å². The van der Waals surface area contributed by atoms with Crippen molar-refractivity contribution in [2.75, 3.05) is 0 Å². The third kappa shape index (κ3) is 3.48. The molecule has 3 rings (SSSR count). The Morgan fingerprint density at radius 3 is 2.25 bits per heavy atom. The number of ether oxygens (including phenoxy) is 1. The third-order valence-corrected chi connectivity index (χ3v) is 3.33. The van der Waals surface area contributed by atoms with E-state index in [1.807, 2.05) is 0 Å². The highest BCUT2D eigenvalue weighted by atomic mass is 31.0. The standard InChI is InChI=1S/C15H12F4N3OP/c1-14(16,17)13-21-7-10-6-20-12(8-22(10)13)9-2-4-11(5-3-9)23-15(18,19)24/h2-8H,24H2,1H3. The number of rotatable bonds is 4. The van der Waals surface area contributed by atoms with Crippen LogP contribution in [0.15, 0.2) is 42.9 Å². The van der Waals surface area contributed by atoms with E-state index in [1.165, 1.54) is 56.5 Å². The van der Waals surface area contributed by atoms with Gasteiger partial charge in [0.15, 0.2) is 5.82 Å². The number of hydrogen-bond donors (Lipinski definition) is 0. The summed E-state index contributed by atoms with van der Waals surface area (Å²) in [4.78, 5) is 7.90. The average Bonchev–Trinajstić information content (AvgIpc) is 2.89. The molecule has 0 aliphatic carbocycles. The fourth-order valence-electron chi connectivity index (χ4n) is 2.22. The molecule has 0 fully saturated rings. The summed E-state index contributed by atoms with van der Waals surface area (Å²) in [6, 6.07) is 5.73. The molecule has 0 N–H and O–H groups in total. The summed E-state index contributed by atoms with van der Waals surface area (Å²) in [5.41, 5.74) is 1.39. The molecule has 0 bridgehead atoms. The first kappa shape index (κ1) is 16.6.